The van der Waals surface area contributed by atoms with Crippen LogP contribution in [0.5, 0.6) is 5.75 Å². The molecule has 0 spiro atoms. The van der Waals surface area contributed by atoms with Gasteiger partial charge in [0, 0.05) is 20.6 Å². The van der Waals surface area contributed by atoms with Gasteiger partial charge in [0.05, 0.1) is 34.4 Å². The Morgan fingerprint density at radius 2 is 1.94 bits per heavy atom. The van der Waals surface area contributed by atoms with Crippen molar-refractivity contribution in [3.05, 3.63) is 48.3 Å². The predicted octanol–water partition coefficient (Wildman–Crippen LogP) is 4.05. The first-order chi connectivity index (χ1) is 15.8. The van der Waals surface area contributed by atoms with E-state index in [9.17, 15) is 8.42 Å². The lowest BCUT2D eigenvalue weighted by molar-refractivity contribution is 0.411. The summed E-state index contributed by atoms with van der Waals surface area (Å²) in [5, 5.41) is 8.71. The van der Waals surface area contributed by atoms with Crippen molar-refractivity contribution in [2.24, 2.45) is 0 Å². The Bertz CT molecular complexity index is 1380. The third kappa shape index (κ3) is 4.61. The monoisotopic (exact) mass is 487 g/mol. The van der Waals surface area contributed by atoms with Gasteiger partial charge in [0.25, 0.3) is 11.1 Å². The molecule has 0 radical (unpaired) electrons. The Hall–Kier alpha value is -2.89. The summed E-state index contributed by atoms with van der Waals surface area (Å²) < 4.78 is 39.5. The first-order valence-electron chi connectivity index (χ1n) is 10.4. The summed E-state index contributed by atoms with van der Waals surface area (Å²) in [5.74, 6) is 2.35. The number of ether oxygens (including phenoxy) is 1. The van der Waals surface area contributed by atoms with Crippen LogP contribution in [0.3, 0.4) is 0 Å². The third-order valence-corrected chi connectivity index (χ3v) is 7.72. The molecule has 0 saturated heterocycles. The molecule has 11 heteroatoms. The second-order valence-electron chi connectivity index (χ2n) is 7.48. The number of sulfonamides is 1. The molecule has 174 valence electrons. The SMILES string of the molecule is CCCn1c(CSc2nnc(-c3ccccc3OC)o2)nc2cc(S(=O)(=O)N(C)C)ccc21. The number of para-hydroxylation sites is 1. The molecule has 2 aromatic heterocycles. The first-order valence-corrected chi connectivity index (χ1v) is 12.8. The number of nitrogens with zero attached hydrogens (tertiary/aromatic N) is 5. The van der Waals surface area contributed by atoms with Crippen LogP contribution in [0, 0.1) is 0 Å². The number of fused-ring (bicyclic) bond motifs is 1. The van der Waals surface area contributed by atoms with Crippen LogP contribution in [0.2, 0.25) is 0 Å². The average molecular weight is 488 g/mol. The molecule has 0 aliphatic rings. The topological polar surface area (TPSA) is 103 Å². The van der Waals surface area contributed by atoms with Gasteiger partial charge >= 0.3 is 0 Å². The fourth-order valence-electron chi connectivity index (χ4n) is 3.44. The molecule has 0 fully saturated rings. The summed E-state index contributed by atoms with van der Waals surface area (Å²) in [6.45, 7) is 2.85. The van der Waals surface area contributed by atoms with E-state index in [1.807, 2.05) is 30.3 Å². The van der Waals surface area contributed by atoms with Crippen LogP contribution in [-0.4, -0.2) is 53.7 Å². The molecule has 2 aromatic carbocycles. The second-order valence-corrected chi connectivity index (χ2v) is 10.6. The maximum atomic E-state index is 12.5. The molecule has 0 N–H and O–H groups in total. The summed E-state index contributed by atoms with van der Waals surface area (Å²) in [7, 11) is 1.09. The number of rotatable bonds is 9. The van der Waals surface area contributed by atoms with Gasteiger partial charge in [-0.15, -0.1) is 10.2 Å². The second kappa shape index (κ2) is 9.54. The fraction of sp³-hybridized carbons (Fsp3) is 0.318. The van der Waals surface area contributed by atoms with E-state index in [-0.39, 0.29) is 4.90 Å². The average Bonchev–Trinajstić information content (AvgIpc) is 3.42. The van der Waals surface area contributed by atoms with E-state index in [4.69, 9.17) is 14.1 Å². The van der Waals surface area contributed by atoms with Gasteiger partial charge in [-0.05, 0) is 36.8 Å². The quantitative estimate of drug-likeness (QED) is 0.326. The summed E-state index contributed by atoms with van der Waals surface area (Å²) >= 11 is 1.38. The number of benzene rings is 2. The lowest BCUT2D eigenvalue weighted by Crippen LogP contribution is -2.22. The zero-order valence-corrected chi connectivity index (χ0v) is 20.5. The van der Waals surface area contributed by atoms with Gasteiger partial charge in [-0.3, -0.25) is 0 Å². The highest BCUT2D eigenvalue weighted by molar-refractivity contribution is 7.98. The van der Waals surface area contributed by atoms with Crippen LogP contribution in [0.15, 0.2) is 57.0 Å². The van der Waals surface area contributed by atoms with Crippen molar-refractivity contribution in [3.8, 4) is 17.2 Å². The Morgan fingerprint density at radius 1 is 1.15 bits per heavy atom. The molecule has 0 atom stereocenters. The Morgan fingerprint density at radius 3 is 2.67 bits per heavy atom. The van der Waals surface area contributed by atoms with Gasteiger partial charge in [0.15, 0.2) is 0 Å². The van der Waals surface area contributed by atoms with E-state index in [0.717, 1.165) is 29.9 Å². The molecular formula is C22H25N5O4S2. The molecule has 2 heterocycles. The molecular weight excluding hydrogens is 462 g/mol. The van der Waals surface area contributed by atoms with Crippen LogP contribution in [-0.2, 0) is 22.3 Å². The van der Waals surface area contributed by atoms with Crippen LogP contribution in [0.4, 0.5) is 0 Å². The number of methoxy groups -OCH3 is 1. The van der Waals surface area contributed by atoms with Crippen LogP contribution in [0.1, 0.15) is 19.2 Å². The summed E-state index contributed by atoms with van der Waals surface area (Å²) in [5.41, 5.74) is 2.26. The number of hydrogen-bond acceptors (Lipinski definition) is 8. The highest BCUT2D eigenvalue weighted by atomic mass is 32.2. The number of aromatic nitrogens is 4. The van der Waals surface area contributed by atoms with Gasteiger partial charge in [0.2, 0.25) is 10.0 Å². The summed E-state index contributed by atoms with van der Waals surface area (Å²) in [6.07, 6.45) is 0.916. The van der Waals surface area contributed by atoms with E-state index in [0.29, 0.717) is 28.1 Å². The molecule has 0 bridgehead atoms. The zero-order chi connectivity index (χ0) is 23.6. The van der Waals surface area contributed by atoms with Crippen molar-refractivity contribution in [1.82, 2.24) is 24.1 Å². The number of aryl methyl sites for hydroxylation is 1. The van der Waals surface area contributed by atoms with E-state index in [2.05, 4.69) is 21.7 Å². The molecule has 0 amide bonds. The minimum Gasteiger partial charge on any atom is -0.496 e. The van der Waals surface area contributed by atoms with Crippen LogP contribution >= 0.6 is 11.8 Å². The lowest BCUT2D eigenvalue weighted by atomic mass is 10.2. The Balaban J connectivity index is 1.61. The van der Waals surface area contributed by atoms with Crippen molar-refractivity contribution < 1.29 is 17.6 Å². The molecule has 4 rings (SSSR count). The minimum atomic E-state index is -3.53. The van der Waals surface area contributed by atoms with E-state index >= 15 is 0 Å². The van der Waals surface area contributed by atoms with Crippen molar-refractivity contribution >= 4 is 32.8 Å². The van der Waals surface area contributed by atoms with Crippen molar-refractivity contribution in [2.45, 2.75) is 35.8 Å². The molecule has 0 unspecified atom stereocenters. The molecule has 0 aliphatic carbocycles. The molecule has 0 aliphatic heterocycles. The van der Waals surface area contributed by atoms with Gasteiger partial charge in [0.1, 0.15) is 11.6 Å². The first kappa shape index (κ1) is 23.3. The number of thioether (sulfide) groups is 1. The van der Waals surface area contributed by atoms with Gasteiger partial charge < -0.3 is 13.7 Å². The van der Waals surface area contributed by atoms with Crippen molar-refractivity contribution in [3.63, 3.8) is 0 Å². The highest BCUT2D eigenvalue weighted by Gasteiger charge is 2.20. The Labute approximate surface area is 196 Å². The normalized spacial score (nSPS) is 12.0. The molecule has 9 nitrogen and oxygen atoms in total. The van der Waals surface area contributed by atoms with Crippen molar-refractivity contribution in [2.75, 3.05) is 21.2 Å². The standard InChI is InChI=1S/C22H25N5O4S2/c1-5-12-27-18-11-10-15(33(28,29)26(2)3)13-17(18)23-20(27)14-32-22-25-24-21(31-22)16-8-6-7-9-19(16)30-4/h6-11,13H,5,12,14H2,1-4H3. The van der Waals surface area contributed by atoms with Crippen LogP contribution in [0.25, 0.3) is 22.5 Å². The maximum absolute atomic E-state index is 12.5. The van der Waals surface area contributed by atoms with Gasteiger partial charge in [-0.1, -0.05) is 30.8 Å². The van der Waals surface area contributed by atoms with Crippen molar-refractivity contribution in [1.29, 1.82) is 0 Å². The molecule has 0 saturated carbocycles. The maximum Gasteiger partial charge on any atom is 0.277 e. The lowest BCUT2D eigenvalue weighted by Gasteiger charge is -2.11. The third-order valence-electron chi connectivity index (χ3n) is 5.09. The van der Waals surface area contributed by atoms with Crippen LogP contribution < -0.4 is 4.74 Å². The largest absolute Gasteiger partial charge is 0.496 e. The number of imidazole rings is 1. The number of hydrogen-bond donors (Lipinski definition) is 0. The van der Waals surface area contributed by atoms with Gasteiger partial charge in [-0.2, -0.15) is 0 Å². The predicted molar refractivity (Wildman–Crippen MR) is 127 cm³/mol. The van der Waals surface area contributed by atoms with E-state index < -0.39 is 10.0 Å². The van der Waals surface area contributed by atoms with E-state index in [1.54, 1.807) is 19.2 Å². The zero-order valence-electron chi connectivity index (χ0n) is 18.8. The molecule has 4 aromatic rings. The minimum absolute atomic E-state index is 0.221. The Kier molecular flexibility index (Phi) is 6.73. The summed E-state index contributed by atoms with van der Waals surface area (Å²) in [6, 6.07) is 12.5. The smallest absolute Gasteiger partial charge is 0.277 e. The van der Waals surface area contributed by atoms with E-state index in [1.165, 1.54) is 30.2 Å². The fourth-order valence-corrected chi connectivity index (χ4v) is 5.07. The molecule has 33 heavy (non-hydrogen) atoms. The summed E-state index contributed by atoms with van der Waals surface area (Å²) in [4.78, 5) is 4.94. The van der Waals surface area contributed by atoms with Gasteiger partial charge in [-0.25, -0.2) is 17.7 Å². The highest BCUT2D eigenvalue weighted by Crippen LogP contribution is 2.32.